The van der Waals surface area contributed by atoms with Crippen LogP contribution in [0.4, 0.5) is 0 Å². The van der Waals surface area contributed by atoms with Crippen LogP contribution in [0, 0.1) is 0 Å². The number of carboxylic acids is 2. The topological polar surface area (TPSA) is 133 Å². The SMILES string of the molecule is CC1(C)CC(NS(=O)(=O)C2(CC(=O)O)C=CC=C(CC(=O)O)C2)CC(C)(C)N1. The zero-order valence-electron chi connectivity index (χ0n) is 16.8. The Labute approximate surface area is 166 Å². The van der Waals surface area contributed by atoms with Crippen LogP contribution in [0.25, 0.3) is 0 Å². The molecule has 28 heavy (non-hydrogen) atoms. The average molecular weight is 415 g/mol. The second-order valence-electron chi connectivity index (χ2n) is 9.19. The van der Waals surface area contributed by atoms with E-state index in [9.17, 15) is 23.1 Å². The van der Waals surface area contributed by atoms with E-state index in [4.69, 9.17) is 5.11 Å². The van der Waals surface area contributed by atoms with Crippen molar-refractivity contribution >= 4 is 22.0 Å². The molecule has 9 heteroatoms. The van der Waals surface area contributed by atoms with E-state index in [2.05, 4.69) is 10.0 Å². The third kappa shape index (κ3) is 5.42. The Bertz CT molecular complexity index is 796. The maximum atomic E-state index is 13.3. The summed E-state index contributed by atoms with van der Waals surface area (Å²) in [5, 5.41) is 21.9. The minimum atomic E-state index is -4.09. The Hall–Kier alpha value is -1.71. The van der Waals surface area contributed by atoms with Crippen LogP contribution in [0.2, 0.25) is 0 Å². The predicted molar refractivity (Wildman–Crippen MR) is 105 cm³/mol. The van der Waals surface area contributed by atoms with Crippen LogP contribution in [0.3, 0.4) is 0 Å². The molecule has 1 aliphatic carbocycles. The first-order chi connectivity index (χ1) is 12.7. The molecule has 0 saturated carbocycles. The van der Waals surface area contributed by atoms with Crippen LogP contribution in [0.1, 0.15) is 59.8 Å². The van der Waals surface area contributed by atoms with Crippen LogP contribution in [-0.4, -0.2) is 52.4 Å². The van der Waals surface area contributed by atoms with Crippen molar-refractivity contribution in [2.45, 2.75) is 81.7 Å². The number of nitrogens with one attached hydrogen (secondary N) is 2. The number of rotatable bonds is 7. The van der Waals surface area contributed by atoms with Gasteiger partial charge in [-0.2, -0.15) is 0 Å². The number of sulfonamides is 1. The Morgan fingerprint density at radius 2 is 1.71 bits per heavy atom. The first-order valence-electron chi connectivity index (χ1n) is 9.27. The van der Waals surface area contributed by atoms with Gasteiger partial charge in [0.25, 0.3) is 0 Å². The number of piperidine rings is 1. The summed E-state index contributed by atoms with van der Waals surface area (Å²) in [6.07, 6.45) is 4.35. The highest BCUT2D eigenvalue weighted by Crippen LogP contribution is 2.37. The summed E-state index contributed by atoms with van der Waals surface area (Å²) in [5.74, 6) is -2.34. The van der Waals surface area contributed by atoms with E-state index in [1.54, 1.807) is 6.08 Å². The van der Waals surface area contributed by atoms with E-state index in [-0.39, 0.29) is 30.0 Å². The zero-order chi connectivity index (χ0) is 21.4. The number of carbonyl (C=O) groups is 2. The molecule has 158 valence electrons. The first-order valence-corrected chi connectivity index (χ1v) is 10.8. The fourth-order valence-corrected chi connectivity index (χ4v) is 6.36. The van der Waals surface area contributed by atoms with Gasteiger partial charge in [0.05, 0.1) is 12.8 Å². The Balaban J connectivity index is 2.33. The summed E-state index contributed by atoms with van der Waals surface area (Å²) in [7, 11) is -4.09. The summed E-state index contributed by atoms with van der Waals surface area (Å²) in [4.78, 5) is 22.5. The van der Waals surface area contributed by atoms with Crippen molar-refractivity contribution in [3.8, 4) is 0 Å². The van der Waals surface area contributed by atoms with Crippen molar-refractivity contribution in [3.63, 3.8) is 0 Å². The molecular formula is C19H30N2O6S. The molecule has 1 heterocycles. The van der Waals surface area contributed by atoms with Gasteiger partial charge >= 0.3 is 11.9 Å². The van der Waals surface area contributed by atoms with Crippen LogP contribution >= 0.6 is 0 Å². The quantitative estimate of drug-likeness (QED) is 0.499. The summed E-state index contributed by atoms with van der Waals surface area (Å²) in [6, 6.07) is -0.357. The smallest absolute Gasteiger partial charge is 0.307 e. The maximum absolute atomic E-state index is 13.3. The molecule has 0 radical (unpaired) electrons. The molecule has 0 aromatic rings. The van der Waals surface area contributed by atoms with Gasteiger partial charge in [0, 0.05) is 17.1 Å². The van der Waals surface area contributed by atoms with Crippen LogP contribution in [0.15, 0.2) is 23.8 Å². The Morgan fingerprint density at radius 1 is 1.14 bits per heavy atom. The van der Waals surface area contributed by atoms with Crippen molar-refractivity contribution in [2.24, 2.45) is 0 Å². The lowest BCUT2D eigenvalue weighted by Crippen LogP contribution is -2.63. The number of aliphatic carboxylic acids is 2. The van der Waals surface area contributed by atoms with Crippen molar-refractivity contribution in [1.29, 1.82) is 0 Å². The molecule has 1 saturated heterocycles. The van der Waals surface area contributed by atoms with Crippen molar-refractivity contribution in [2.75, 3.05) is 0 Å². The molecule has 0 bridgehead atoms. The summed E-state index contributed by atoms with van der Waals surface area (Å²) in [5.41, 5.74) is -0.190. The number of hydrogen-bond donors (Lipinski definition) is 4. The predicted octanol–water partition coefficient (Wildman–Crippen LogP) is 1.79. The minimum Gasteiger partial charge on any atom is -0.481 e. The third-order valence-corrected chi connectivity index (χ3v) is 7.27. The second-order valence-corrected chi connectivity index (χ2v) is 11.2. The Morgan fingerprint density at radius 3 is 2.21 bits per heavy atom. The largest absolute Gasteiger partial charge is 0.481 e. The molecule has 0 spiro atoms. The van der Waals surface area contributed by atoms with Crippen molar-refractivity contribution < 1.29 is 28.2 Å². The van der Waals surface area contributed by atoms with Crippen molar-refractivity contribution in [1.82, 2.24) is 10.0 Å². The molecule has 1 fully saturated rings. The van der Waals surface area contributed by atoms with Gasteiger partial charge in [-0.05, 0) is 47.0 Å². The van der Waals surface area contributed by atoms with Gasteiger partial charge in [0.2, 0.25) is 10.0 Å². The van der Waals surface area contributed by atoms with E-state index in [1.807, 2.05) is 27.7 Å². The lowest BCUT2D eigenvalue weighted by atomic mass is 9.80. The molecule has 0 aromatic carbocycles. The van der Waals surface area contributed by atoms with E-state index in [0.717, 1.165) is 0 Å². The third-order valence-electron chi connectivity index (χ3n) is 5.13. The molecule has 8 nitrogen and oxygen atoms in total. The summed E-state index contributed by atoms with van der Waals surface area (Å²) in [6.45, 7) is 7.99. The lowest BCUT2D eigenvalue weighted by molar-refractivity contribution is -0.137. The summed E-state index contributed by atoms with van der Waals surface area (Å²) >= 11 is 0. The monoisotopic (exact) mass is 414 g/mol. The van der Waals surface area contributed by atoms with E-state index >= 15 is 0 Å². The van der Waals surface area contributed by atoms with E-state index in [0.29, 0.717) is 18.4 Å². The molecule has 1 unspecified atom stereocenters. The van der Waals surface area contributed by atoms with Crippen molar-refractivity contribution in [3.05, 3.63) is 23.8 Å². The Kier molecular flexibility index (Phi) is 6.13. The zero-order valence-corrected chi connectivity index (χ0v) is 17.6. The van der Waals surface area contributed by atoms with Crippen LogP contribution in [-0.2, 0) is 19.6 Å². The average Bonchev–Trinajstić information content (AvgIpc) is 2.41. The lowest BCUT2D eigenvalue weighted by Gasteiger charge is -2.47. The number of carboxylic acid groups (broad SMARTS) is 2. The molecule has 2 aliphatic rings. The van der Waals surface area contributed by atoms with E-state index < -0.39 is 33.1 Å². The molecule has 1 aliphatic heterocycles. The molecular weight excluding hydrogens is 384 g/mol. The first kappa shape index (κ1) is 22.6. The highest BCUT2D eigenvalue weighted by atomic mass is 32.2. The van der Waals surface area contributed by atoms with Gasteiger partial charge in [-0.1, -0.05) is 23.8 Å². The van der Waals surface area contributed by atoms with Gasteiger partial charge in [-0.15, -0.1) is 0 Å². The molecule has 1 atom stereocenters. The molecule has 2 rings (SSSR count). The standard InChI is InChI=1S/C19H30N2O6S/c1-17(2)10-14(11-18(3,4)21-17)20-28(26,27)19(12-16(24)25)7-5-6-13(9-19)8-15(22)23/h5-7,14,20-21H,8-12H2,1-4H3,(H,22,23)(H,24,25). The molecule has 0 amide bonds. The molecule has 4 N–H and O–H groups in total. The summed E-state index contributed by atoms with van der Waals surface area (Å²) < 4.78 is 27.7. The maximum Gasteiger partial charge on any atom is 0.307 e. The normalized spacial score (nSPS) is 27.2. The van der Waals surface area contributed by atoms with Gasteiger partial charge in [-0.3, -0.25) is 9.59 Å². The fourth-order valence-electron chi connectivity index (χ4n) is 4.58. The van der Waals surface area contributed by atoms with Gasteiger partial charge < -0.3 is 15.5 Å². The highest BCUT2D eigenvalue weighted by molar-refractivity contribution is 7.91. The minimum absolute atomic E-state index is 0.158. The fraction of sp³-hybridized carbons (Fsp3) is 0.684. The van der Waals surface area contributed by atoms with Crippen LogP contribution in [0.5, 0.6) is 0 Å². The van der Waals surface area contributed by atoms with Gasteiger partial charge in [0.1, 0.15) is 4.75 Å². The molecule has 0 aromatic heterocycles. The van der Waals surface area contributed by atoms with Gasteiger partial charge in [-0.25, -0.2) is 13.1 Å². The number of hydrogen-bond acceptors (Lipinski definition) is 5. The second kappa shape index (κ2) is 7.61. The van der Waals surface area contributed by atoms with Crippen LogP contribution < -0.4 is 10.0 Å². The highest BCUT2D eigenvalue weighted by Gasteiger charge is 2.48. The van der Waals surface area contributed by atoms with Gasteiger partial charge in [0.15, 0.2) is 0 Å². The van der Waals surface area contributed by atoms with E-state index in [1.165, 1.54) is 12.2 Å². The number of allylic oxidation sites excluding steroid dienone is 2.